The van der Waals surface area contributed by atoms with Crippen LogP contribution in [0.15, 0.2) is 24.3 Å². The second-order valence-electron chi connectivity index (χ2n) is 20.7. The average Bonchev–Trinajstić information content (AvgIpc) is 3.35. The van der Waals surface area contributed by atoms with Crippen molar-refractivity contribution < 1.29 is 50.0 Å². The van der Waals surface area contributed by atoms with Crippen LogP contribution in [0.2, 0.25) is 0 Å². The summed E-state index contributed by atoms with van der Waals surface area (Å²) in [5.74, 6) is -0.721. The Morgan fingerprint density at radius 2 is 0.855 bits per heavy atom. The van der Waals surface area contributed by atoms with Crippen molar-refractivity contribution >= 4 is 5.91 Å². The van der Waals surface area contributed by atoms with E-state index in [1.54, 1.807) is 0 Å². The Morgan fingerprint density at radius 1 is 0.493 bits per heavy atom. The molecule has 1 fully saturated rings. The molecule has 0 aromatic rings. The van der Waals surface area contributed by atoms with Crippen molar-refractivity contribution in [3.8, 4) is 0 Å². The third kappa shape index (κ3) is 36.2. The molecule has 1 rings (SSSR count). The molecule has 1 aliphatic heterocycles. The van der Waals surface area contributed by atoms with Crippen LogP contribution in [0, 0.1) is 0 Å². The molecule has 0 saturated carbocycles. The Labute approximate surface area is 423 Å². The summed E-state index contributed by atoms with van der Waals surface area (Å²) in [7, 11) is 0. The molecule has 0 aromatic heterocycles. The molecule has 1 heterocycles. The second-order valence-corrected chi connectivity index (χ2v) is 20.7. The summed E-state index contributed by atoms with van der Waals surface area (Å²) in [4.78, 5) is 13.1. The highest BCUT2D eigenvalue weighted by atomic mass is 16.7. The Hall–Kier alpha value is -1.41. The molecule has 0 aromatic carbocycles. The number of hydrogen-bond donors (Lipinski definition) is 8. The van der Waals surface area contributed by atoms with Gasteiger partial charge in [0.15, 0.2) is 6.29 Å². The molecule has 69 heavy (non-hydrogen) atoms. The molecule has 1 saturated heterocycles. The first-order valence-corrected chi connectivity index (χ1v) is 29.2. The number of aliphatic hydroxyl groups excluding tert-OH is 7. The Bertz CT molecular complexity index is 1170. The lowest BCUT2D eigenvalue weighted by Crippen LogP contribution is -2.60. The number of nitrogens with one attached hydrogen (secondary N) is 1. The maximum absolute atomic E-state index is 13.1. The van der Waals surface area contributed by atoms with Crippen LogP contribution in [0.3, 0.4) is 0 Å². The van der Waals surface area contributed by atoms with E-state index in [0.717, 1.165) is 38.5 Å². The second kappa shape index (κ2) is 47.6. The number of allylic oxidation sites excluding steroid dienone is 4. The Balaban J connectivity index is 2.24. The maximum atomic E-state index is 13.1. The molecule has 0 radical (unpaired) electrons. The molecule has 1 amide bonds. The molecule has 11 nitrogen and oxygen atoms in total. The van der Waals surface area contributed by atoms with Crippen LogP contribution < -0.4 is 5.32 Å². The quantitative estimate of drug-likeness (QED) is 0.0215. The minimum Gasteiger partial charge on any atom is -0.394 e. The minimum atomic E-state index is -1.67. The fraction of sp³-hybridized carbons (Fsp3) is 0.914. The summed E-state index contributed by atoms with van der Waals surface area (Å²) in [6.45, 7) is 3.43. The standard InChI is InChI=1S/C58H111NO10/c1-3-5-7-9-11-13-15-17-18-19-20-21-22-23-24-25-26-27-28-29-30-31-32-33-34-36-37-39-41-43-45-50(61)53(63)49(48-68-58-56(66)55(65)54(64)52(47-60)69-58)59-57(67)51(62)46-44-42-40-38-35-16-14-12-10-8-6-4-2/h35,37-39,49-56,58,60-66H,3-34,36,40-48H2,1-2H3,(H,59,67)/b38-35-,39-37+. The van der Waals surface area contributed by atoms with E-state index in [9.17, 15) is 40.5 Å². The largest absolute Gasteiger partial charge is 0.394 e. The van der Waals surface area contributed by atoms with E-state index in [1.165, 1.54) is 193 Å². The van der Waals surface area contributed by atoms with E-state index in [1.807, 2.05) is 0 Å². The third-order valence-electron chi connectivity index (χ3n) is 14.2. The van der Waals surface area contributed by atoms with Crippen molar-refractivity contribution in [2.45, 2.75) is 326 Å². The van der Waals surface area contributed by atoms with Crippen molar-refractivity contribution in [1.29, 1.82) is 0 Å². The fourth-order valence-corrected chi connectivity index (χ4v) is 9.44. The lowest BCUT2D eigenvalue weighted by atomic mass is 9.98. The van der Waals surface area contributed by atoms with Gasteiger partial charge >= 0.3 is 0 Å². The van der Waals surface area contributed by atoms with Gasteiger partial charge in [0, 0.05) is 0 Å². The first-order chi connectivity index (χ1) is 33.7. The molecule has 9 atom stereocenters. The van der Waals surface area contributed by atoms with Gasteiger partial charge in [-0.2, -0.15) is 0 Å². The zero-order valence-corrected chi connectivity index (χ0v) is 44.6. The molecule has 8 N–H and O–H groups in total. The predicted octanol–water partition coefficient (Wildman–Crippen LogP) is 12.1. The minimum absolute atomic E-state index is 0.224. The summed E-state index contributed by atoms with van der Waals surface area (Å²) in [5.41, 5.74) is 0. The van der Waals surface area contributed by atoms with Crippen molar-refractivity contribution in [3.05, 3.63) is 24.3 Å². The summed E-state index contributed by atoms with van der Waals surface area (Å²) in [5, 5.41) is 75.9. The average molecular weight is 983 g/mol. The molecule has 11 heteroatoms. The van der Waals surface area contributed by atoms with Crippen LogP contribution in [0.1, 0.15) is 271 Å². The topological polar surface area (TPSA) is 189 Å². The first kappa shape index (κ1) is 65.6. The van der Waals surface area contributed by atoms with Gasteiger partial charge in [0.25, 0.3) is 0 Å². The summed E-state index contributed by atoms with van der Waals surface area (Å²) in [6, 6.07) is -1.19. The number of unbranched alkanes of at least 4 members (excludes halogenated alkanes) is 34. The van der Waals surface area contributed by atoms with Crippen LogP contribution in [0.25, 0.3) is 0 Å². The van der Waals surface area contributed by atoms with Gasteiger partial charge in [0.2, 0.25) is 5.91 Å². The highest BCUT2D eigenvalue weighted by Gasteiger charge is 2.44. The third-order valence-corrected chi connectivity index (χ3v) is 14.2. The zero-order chi connectivity index (χ0) is 50.4. The molecule has 9 unspecified atom stereocenters. The van der Waals surface area contributed by atoms with E-state index < -0.39 is 74.2 Å². The molecule has 1 aliphatic rings. The van der Waals surface area contributed by atoms with Crippen LogP contribution in [-0.4, -0.2) is 110 Å². The summed E-state index contributed by atoms with van der Waals surface area (Å²) < 4.78 is 11.1. The lowest BCUT2D eigenvalue weighted by Gasteiger charge is -2.40. The van der Waals surface area contributed by atoms with Gasteiger partial charge in [0.05, 0.1) is 25.4 Å². The number of aliphatic hydroxyl groups is 7. The van der Waals surface area contributed by atoms with Crippen molar-refractivity contribution in [2.24, 2.45) is 0 Å². The SMILES string of the molecule is CCCCCCCC/C=C\CCCCC(O)C(=O)NC(COC1OC(CO)C(O)C(O)C1O)C(O)C(O)CCC/C=C/CCCCCCCCCCCCCCCCCCCCCCCCCCC. The first-order valence-electron chi connectivity index (χ1n) is 29.2. The number of hydrogen-bond acceptors (Lipinski definition) is 10. The summed E-state index contributed by atoms with van der Waals surface area (Å²) in [6.07, 6.45) is 45.5. The smallest absolute Gasteiger partial charge is 0.249 e. The lowest BCUT2D eigenvalue weighted by molar-refractivity contribution is -0.303. The van der Waals surface area contributed by atoms with Gasteiger partial charge in [-0.3, -0.25) is 4.79 Å². The van der Waals surface area contributed by atoms with Gasteiger partial charge in [0.1, 0.15) is 36.6 Å². The van der Waals surface area contributed by atoms with Crippen LogP contribution >= 0.6 is 0 Å². The fourth-order valence-electron chi connectivity index (χ4n) is 9.44. The van der Waals surface area contributed by atoms with E-state index in [-0.39, 0.29) is 12.8 Å². The van der Waals surface area contributed by atoms with Gasteiger partial charge in [-0.15, -0.1) is 0 Å². The number of ether oxygens (including phenoxy) is 2. The molecular formula is C58H111NO10. The number of rotatable bonds is 50. The monoisotopic (exact) mass is 982 g/mol. The molecule has 0 aliphatic carbocycles. The molecule has 408 valence electrons. The van der Waals surface area contributed by atoms with E-state index in [0.29, 0.717) is 12.8 Å². The Kier molecular flexibility index (Phi) is 45.2. The number of carbonyl (C=O) groups is 1. The molecule has 0 spiro atoms. The van der Waals surface area contributed by atoms with Gasteiger partial charge < -0.3 is 50.5 Å². The van der Waals surface area contributed by atoms with Crippen LogP contribution in [0.5, 0.6) is 0 Å². The Morgan fingerprint density at radius 3 is 1.25 bits per heavy atom. The van der Waals surface area contributed by atoms with Gasteiger partial charge in [-0.05, 0) is 64.2 Å². The van der Waals surface area contributed by atoms with Gasteiger partial charge in [-0.1, -0.05) is 231 Å². The zero-order valence-electron chi connectivity index (χ0n) is 44.6. The number of amides is 1. The van der Waals surface area contributed by atoms with E-state index in [2.05, 4.69) is 43.5 Å². The van der Waals surface area contributed by atoms with E-state index in [4.69, 9.17) is 9.47 Å². The van der Waals surface area contributed by atoms with Crippen molar-refractivity contribution in [3.63, 3.8) is 0 Å². The van der Waals surface area contributed by atoms with Crippen LogP contribution in [-0.2, 0) is 14.3 Å². The van der Waals surface area contributed by atoms with E-state index >= 15 is 0 Å². The maximum Gasteiger partial charge on any atom is 0.249 e. The highest BCUT2D eigenvalue weighted by molar-refractivity contribution is 5.80. The number of carbonyl (C=O) groups excluding carboxylic acids is 1. The molecular weight excluding hydrogens is 871 g/mol. The van der Waals surface area contributed by atoms with Crippen molar-refractivity contribution in [1.82, 2.24) is 5.32 Å². The van der Waals surface area contributed by atoms with Crippen molar-refractivity contribution in [2.75, 3.05) is 13.2 Å². The van der Waals surface area contributed by atoms with Crippen LogP contribution in [0.4, 0.5) is 0 Å². The summed E-state index contributed by atoms with van der Waals surface area (Å²) >= 11 is 0. The highest BCUT2D eigenvalue weighted by Crippen LogP contribution is 2.23. The normalized spacial score (nSPS) is 20.5. The predicted molar refractivity (Wildman–Crippen MR) is 284 cm³/mol. The van der Waals surface area contributed by atoms with Gasteiger partial charge in [-0.25, -0.2) is 0 Å². The molecule has 0 bridgehead atoms.